The van der Waals surface area contributed by atoms with Crippen LogP contribution in [0.3, 0.4) is 0 Å². The quantitative estimate of drug-likeness (QED) is 0.502. The standard InChI is InChI=1S/C15H15ClN2O2/c16-14-6-4-12(5-7-14)8-9-17-11-13-2-1-3-15(10-13)18(19)20/h1-7,10,17H,8-9,11H2. The van der Waals surface area contributed by atoms with Crippen LogP contribution in [0.4, 0.5) is 5.69 Å². The van der Waals surface area contributed by atoms with E-state index in [4.69, 9.17) is 11.6 Å². The Morgan fingerprint density at radius 3 is 2.55 bits per heavy atom. The lowest BCUT2D eigenvalue weighted by atomic mass is 10.1. The number of nitrogens with zero attached hydrogens (tertiary/aromatic N) is 1. The molecule has 2 rings (SSSR count). The number of benzene rings is 2. The van der Waals surface area contributed by atoms with E-state index in [9.17, 15) is 10.1 Å². The molecule has 0 aliphatic heterocycles. The van der Waals surface area contributed by atoms with Gasteiger partial charge in [0.05, 0.1) is 4.92 Å². The van der Waals surface area contributed by atoms with Gasteiger partial charge in [-0.05, 0) is 36.2 Å². The van der Waals surface area contributed by atoms with E-state index < -0.39 is 0 Å². The van der Waals surface area contributed by atoms with Crippen molar-refractivity contribution in [3.8, 4) is 0 Å². The van der Waals surface area contributed by atoms with Gasteiger partial charge in [0.25, 0.3) is 5.69 Å². The molecule has 0 unspecified atom stereocenters. The summed E-state index contributed by atoms with van der Waals surface area (Å²) in [6.07, 6.45) is 0.895. The number of nitro benzene ring substituents is 1. The smallest absolute Gasteiger partial charge is 0.269 e. The second kappa shape index (κ2) is 7.03. The molecule has 0 bridgehead atoms. The molecule has 1 N–H and O–H groups in total. The van der Waals surface area contributed by atoms with Crippen molar-refractivity contribution < 1.29 is 4.92 Å². The molecule has 0 saturated heterocycles. The first kappa shape index (κ1) is 14.5. The molecule has 0 saturated carbocycles. The Morgan fingerprint density at radius 1 is 1.10 bits per heavy atom. The van der Waals surface area contributed by atoms with Gasteiger partial charge in [0, 0.05) is 23.7 Å². The maximum atomic E-state index is 10.7. The number of nitrogens with one attached hydrogen (secondary N) is 1. The average Bonchev–Trinajstić information content (AvgIpc) is 2.46. The zero-order valence-electron chi connectivity index (χ0n) is 10.9. The third-order valence-corrected chi connectivity index (χ3v) is 3.21. The van der Waals surface area contributed by atoms with Crippen LogP contribution < -0.4 is 5.32 Å². The van der Waals surface area contributed by atoms with Crippen LogP contribution in [0.5, 0.6) is 0 Å². The lowest BCUT2D eigenvalue weighted by molar-refractivity contribution is -0.384. The Kier molecular flexibility index (Phi) is 5.09. The summed E-state index contributed by atoms with van der Waals surface area (Å²) < 4.78 is 0. The number of nitro groups is 1. The van der Waals surface area contributed by atoms with Gasteiger partial charge in [0.2, 0.25) is 0 Å². The predicted molar refractivity (Wildman–Crippen MR) is 80.0 cm³/mol. The van der Waals surface area contributed by atoms with Crippen molar-refractivity contribution in [1.82, 2.24) is 5.32 Å². The molecule has 0 heterocycles. The van der Waals surface area contributed by atoms with Gasteiger partial charge in [0.15, 0.2) is 0 Å². The summed E-state index contributed by atoms with van der Waals surface area (Å²) in [7, 11) is 0. The van der Waals surface area contributed by atoms with E-state index in [2.05, 4.69) is 5.32 Å². The largest absolute Gasteiger partial charge is 0.312 e. The molecule has 0 spiro atoms. The molecule has 0 radical (unpaired) electrons. The van der Waals surface area contributed by atoms with Crippen molar-refractivity contribution in [1.29, 1.82) is 0 Å². The van der Waals surface area contributed by atoms with Crippen molar-refractivity contribution >= 4 is 17.3 Å². The molecule has 0 atom stereocenters. The highest BCUT2D eigenvalue weighted by Gasteiger charge is 2.04. The Balaban J connectivity index is 1.79. The number of hydrogen-bond donors (Lipinski definition) is 1. The third kappa shape index (κ3) is 4.33. The summed E-state index contributed by atoms with van der Waals surface area (Å²) in [6.45, 7) is 1.43. The van der Waals surface area contributed by atoms with Crippen LogP contribution in [-0.2, 0) is 13.0 Å². The Morgan fingerprint density at radius 2 is 1.85 bits per heavy atom. The van der Waals surface area contributed by atoms with Crippen LogP contribution in [-0.4, -0.2) is 11.5 Å². The van der Waals surface area contributed by atoms with Crippen LogP contribution >= 0.6 is 11.6 Å². The minimum atomic E-state index is -0.378. The maximum absolute atomic E-state index is 10.7. The second-order valence-electron chi connectivity index (χ2n) is 4.48. The number of hydrogen-bond acceptors (Lipinski definition) is 3. The number of rotatable bonds is 6. The minimum Gasteiger partial charge on any atom is -0.312 e. The summed E-state index contributed by atoms with van der Waals surface area (Å²) >= 11 is 5.82. The third-order valence-electron chi connectivity index (χ3n) is 2.95. The molecule has 2 aromatic carbocycles. The summed E-state index contributed by atoms with van der Waals surface area (Å²) in [5.74, 6) is 0. The van der Waals surface area contributed by atoms with Crippen LogP contribution in [0.2, 0.25) is 5.02 Å². The summed E-state index contributed by atoms with van der Waals surface area (Å²) in [4.78, 5) is 10.3. The molecule has 0 fully saturated rings. The molecule has 4 nitrogen and oxygen atoms in total. The molecule has 0 amide bonds. The molecule has 0 aliphatic carbocycles. The first-order chi connectivity index (χ1) is 9.65. The van der Waals surface area contributed by atoms with Crippen molar-refractivity contribution in [3.05, 3.63) is 74.8 Å². The van der Waals surface area contributed by atoms with Crippen molar-refractivity contribution in [2.45, 2.75) is 13.0 Å². The zero-order valence-corrected chi connectivity index (χ0v) is 11.6. The fourth-order valence-electron chi connectivity index (χ4n) is 1.90. The van der Waals surface area contributed by atoms with Gasteiger partial charge < -0.3 is 5.32 Å². The Hall–Kier alpha value is -1.91. The monoisotopic (exact) mass is 290 g/mol. The van der Waals surface area contributed by atoms with E-state index in [1.165, 1.54) is 11.6 Å². The van der Waals surface area contributed by atoms with Gasteiger partial charge in [-0.15, -0.1) is 0 Å². The van der Waals surface area contributed by atoms with E-state index in [1.807, 2.05) is 30.3 Å². The highest BCUT2D eigenvalue weighted by Crippen LogP contribution is 2.13. The zero-order chi connectivity index (χ0) is 14.4. The topological polar surface area (TPSA) is 55.2 Å². The molecule has 2 aromatic rings. The highest BCUT2D eigenvalue weighted by atomic mass is 35.5. The molecule has 0 aromatic heterocycles. The van der Waals surface area contributed by atoms with Crippen molar-refractivity contribution in [2.75, 3.05) is 6.54 Å². The first-order valence-corrected chi connectivity index (χ1v) is 6.71. The SMILES string of the molecule is O=[N+]([O-])c1cccc(CNCCc2ccc(Cl)cc2)c1. The van der Waals surface area contributed by atoms with Gasteiger partial charge in [-0.25, -0.2) is 0 Å². The van der Waals surface area contributed by atoms with Crippen LogP contribution in [0.15, 0.2) is 48.5 Å². The van der Waals surface area contributed by atoms with E-state index >= 15 is 0 Å². The van der Waals surface area contributed by atoms with Crippen LogP contribution in [0.1, 0.15) is 11.1 Å². The predicted octanol–water partition coefficient (Wildman–Crippen LogP) is 3.58. The molecular formula is C15H15ClN2O2. The lowest BCUT2D eigenvalue weighted by Gasteiger charge is -2.05. The van der Waals surface area contributed by atoms with Crippen molar-refractivity contribution in [2.24, 2.45) is 0 Å². The molecule has 0 aliphatic rings. The second-order valence-corrected chi connectivity index (χ2v) is 4.92. The summed E-state index contributed by atoms with van der Waals surface area (Å²) in [6, 6.07) is 14.4. The van der Waals surface area contributed by atoms with Gasteiger partial charge in [-0.3, -0.25) is 10.1 Å². The Labute approximate surface area is 122 Å². The summed E-state index contributed by atoms with van der Waals surface area (Å²) in [5.41, 5.74) is 2.25. The minimum absolute atomic E-state index is 0.127. The van der Waals surface area contributed by atoms with E-state index in [-0.39, 0.29) is 10.6 Å². The molecular weight excluding hydrogens is 276 g/mol. The van der Waals surface area contributed by atoms with E-state index in [0.29, 0.717) is 6.54 Å². The van der Waals surface area contributed by atoms with Gasteiger partial charge in [0.1, 0.15) is 0 Å². The maximum Gasteiger partial charge on any atom is 0.269 e. The van der Waals surface area contributed by atoms with Gasteiger partial charge in [-0.1, -0.05) is 35.9 Å². The number of non-ortho nitro benzene ring substituents is 1. The average molecular weight is 291 g/mol. The fraction of sp³-hybridized carbons (Fsp3) is 0.200. The van der Waals surface area contributed by atoms with E-state index in [1.54, 1.807) is 12.1 Å². The van der Waals surface area contributed by atoms with E-state index in [0.717, 1.165) is 23.6 Å². The van der Waals surface area contributed by atoms with Gasteiger partial charge >= 0.3 is 0 Å². The Bertz CT molecular complexity index is 585. The summed E-state index contributed by atoms with van der Waals surface area (Å²) in [5, 5.41) is 14.7. The number of halogens is 1. The normalized spacial score (nSPS) is 10.4. The van der Waals surface area contributed by atoms with Crippen LogP contribution in [0.25, 0.3) is 0 Å². The van der Waals surface area contributed by atoms with Crippen LogP contribution in [0, 0.1) is 10.1 Å². The first-order valence-electron chi connectivity index (χ1n) is 6.33. The van der Waals surface area contributed by atoms with Crippen molar-refractivity contribution in [3.63, 3.8) is 0 Å². The molecule has 5 heteroatoms. The van der Waals surface area contributed by atoms with Gasteiger partial charge in [-0.2, -0.15) is 0 Å². The lowest BCUT2D eigenvalue weighted by Crippen LogP contribution is -2.16. The fourth-order valence-corrected chi connectivity index (χ4v) is 2.02. The molecule has 104 valence electrons. The highest BCUT2D eigenvalue weighted by molar-refractivity contribution is 6.30. The molecule has 20 heavy (non-hydrogen) atoms.